The number of aryl methyl sites for hydroxylation is 1. The van der Waals surface area contributed by atoms with Gasteiger partial charge in [0.05, 0.1) is 6.04 Å². The Balaban J connectivity index is 1.66. The van der Waals surface area contributed by atoms with Crippen molar-refractivity contribution in [1.82, 2.24) is 16.0 Å². The number of hydrogen-bond donors (Lipinski definition) is 5. The molecule has 1 aromatic rings. The third-order valence-corrected chi connectivity index (χ3v) is 7.15. The smallest absolute Gasteiger partial charge is 0.326 e. The molecule has 3 atom stereocenters. The molecule has 0 heterocycles. The Labute approximate surface area is 202 Å². The molecule has 34 heavy (non-hydrogen) atoms. The molecule has 0 aliphatic heterocycles. The van der Waals surface area contributed by atoms with Crippen LogP contribution in [0.5, 0.6) is 0 Å². The van der Waals surface area contributed by atoms with Crippen LogP contribution in [0.25, 0.3) is 0 Å². The van der Waals surface area contributed by atoms with Gasteiger partial charge in [0.1, 0.15) is 12.1 Å². The molecular weight excluding hydrogens is 432 g/mol. The lowest BCUT2D eigenvalue weighted by Crippen LogP contribution is -2.54. The highest BCUT2D eigenvalue weighted by Gasteiger charge is 2.30. The topological polar surface area (TPSA) is 134 Å². The van der Waals surface area contributed by atoms with Crippen molar-refractivity contribution < 1.29 is 19.5 Å². The minimum atomic E-state index is -1.08. The molecule has 8 heteroatoms. The lowest BCUT2D eigenvalue weighted by atomic mass is 9.84. The normalized spacial score (nSPS) is 20.0. The molecule has 1 aromatic carbocycles. The van der Waals surface area contributed by atoms with Crippen LogP contribution in [0.3, 0.4) is 0 Å². The summed E-state index contributed by atoms with van der Waals surface area (Å²) in [5.74, 6) is -0.903. The molecule has 0 bridgehead atoms. The van der Waals surface area contributed by atoms with E-state index >= 15 is 0 Å². The molecule has 1 saturated carbocycles. The maximum Gasteiger partial charge on any atom is 0.326 e. The average molecular weight is 473 g/mol. The molecule has 0 saturated heterocycles. The minimum Gasteiger partial charge on any atom is -0.480 e. The van der Waals surface area contributed by atoms with Crippen LogP contribution >= 0.6 is 0 Å². The predicted octanol–water partition coefficient (Wildman–Crippen LogP) is 3.40. The standard InChI is InChI=1S/C26H40N4O4/c27-16-7-6-14-22(25(32)33)29-26(34)30-23(17-18-9-2-1-3-10-18)24(31)28-21-15-8-12-19-11-4-5-13-20(19)21/h4-5,11,13,18,21-23H,1-3,6-10,12,14-17,27H2,(H,28,31)(H,32,33)(H2,29,30,34)/t21-,22+,23?/m1/s1. The van der Waals surface area contributed by atoms with Crippen LogP contribution in [0.15, 0.2) is 24.3 Å². The Morgan fingerprint density at radius 2 is 1.71 bits per heavy atom. The fourth-order valence-electron chi connectivity index (χ4n) is 5.27. The number of nitrogens with one attached hydrogen (secondary N) is 3. The number of rotatable bonds is 11. The third-order valence-electron chi connectivity index (χ3n) is 7.15. The van der Waals surface area contributed by atoms with Gasteiger partial charge >= 0.3 is 12.0 Å². The first-order valence-electron chi connectivity index (χ1n) is 12.9. The highest BCUT2D eigenvalue weighted by atomic mass is 16.4. The van der Waals surface area contributed by atoms with Crippen LogP contribution in [0, 0.1) is 5.92 Å². The van der Waals surface area contributed by atoms with Crippen molar-refractivity contribution in [2.24, 2.45) is 11.7 Å². The van der Waals surface area contributed by atoms with E-state index in [9.17, 15) is 19.5 Å². The van der Waals surface area contributed by atoms with Gasteiger partial charge in [0.15, 0.2) is 0 Å². The Morgan fingerprint density at radius 3 is 2.44 bits per heavy atom. The second-order valence-electron chi connectivity index (χ2n) is 9.74. The monoisotopic (exact) mass is 472 g/mol. The highest BCUT2D eigenvalue weighted by Crippen LogP contribution is 2.31. The van der Waals surface area contributed by atoms with Crippen molar-refractivity contribution in [2.45, 2.75) is 95.2 Å². The summed E-state index contributed by atoms with van der Waals surface area (Å²) >= 11 is 0. The number of unbranched alkanes of at least 4 members (excludes halogenated alkanes) is 1. The SMILES string of the molecule is NCCCC[C@H](NC(=O)NC(CC1CCCCC1)C(=O)N[C@@H]1CCCc2ccccc21)C(=O)O. The van der Waals surface area contributed by atoms with Gasteiger partial charge in [-0.25, -0.2) is 9.59 Å². The zero-order valence-corrected chi connectivity index (χ0v) is 20.1. The summed E-state index contributed by atoms with van der Waals surface area (Å²) in [5.41, 5.74) is 7.90. The number of urea groups is 1. The van der Waals surface area contributed by atoms with Gasteiger partial charge in [-0.05, 0) is 68.5 Å². The van der Waals surface area contributed by atoms with Crippen molar-refractivity contribution in [3.8, 4) is 0 Å². The number of hydrogen-bond acceptors (Lipinski definition) is 4. The van der Waals surface area contributed by atoms with E-state index < -0.39 is 24.1 Å². The number of carbonyl (C=O) groups is 3. The van der Waals surface area contributed by atoms with Crippen molar-refractivity contribution in [3.05, 3.63) is 35.4 Å². The van der Waals surface area contributed by atoms with Gasteiger partial charge in [0.2, 0.25) is 5.91 Å². The molecule has 2 aliphatic carbocycles. The molecule has 0 aromatic heterocycles. The quantitative estimate of drug-likeness (QED) is 0.315. The second kappa shape index (κ2) is 13.3. The van der Waals surface area contributed by atoms with Crippen LogP contribution in [-0.4, -0.2) is 41.6 Å². The first-order chi connectivity index (χ1) is 16.5. The maximum atomic E-state index is 13.4. The summed E-state index contributed by atoms with van der Waals surface area (Å²) in [7, 11) is 0. The maximum absolute atomic E-state index is 13.4. The van der Waals surface area contributed by atoms with Gasteiger partial charge in [-0.1, -0.05) is 56.4 Å². The largest absolute Gasteiger partial charge is 0.480 e. The number of fused-ring (bicyclic) bond motifs is 1. The molecule has 1 fully saturated rings. The number of carboxylic acid groups (broad SMARTS) is 1. The number of aliphatic carboxylic acids is 1. The molecule has 0 spiro atoms. The Morgan fingerprint density at radius 1 is 0.971 bits per heavy atom. The average Bonchev–Trinajstić information content (AvgIpc) is 2.84. The highest BCUT2D eigenvalue weighted by molar-refractivity contribution is 5.89. The van der Waals surface area contributed by atoms with Crippen LogP contribution in [0.1, 0.15) is 87.8 Å². The van der Waals surface area contributed by atoms with Gasteiger partial charge < -0.3 is 26.8 Å². The molecule has 3 amide bonds. The summed E-state index contributed by atoms with van der Waals surface area (Å²) in [6.07, 6.45) is 10.7. The van der Waals surface area contributed by atoms with Crippen molar-refractivity contribution >= 4 is 17.9 Å². The van der Waals surface area contributed by atoms with E-state index in [4.69, 9.17) is 5.73 Å². The van der Waals surface area contributed by atoms with Gasteiger partial charge in [-0.2, -0.15) is 0 Å². The molecule has 188 valence electrons. The molecule has 2 aliphatic rings. The van der Waals surface area contributed by atoms with Crippen LogP contribution in [0.2, 0.25) is 0 Å². The van der Waals surface area contributed by atoms with Crippen LogP contribution < -0.4 is 21.7 Å². The fraction of sp³-hybridized carbons (Fsp3) is 0.654. The van der Waals surface area contributed by atoms with E-state index in [1.54, 1.807) is 0 Å². The van der Waals surface area contributed by atoms with E-state index in [0.717, 1.165) is 50.5 Å². The summed E-state index contributed by atoms with van der Waals surface area (Å²) in [6.45, 7) is 0.479. The molecule has 6 N–H and O–H groups in total. The van der Waals surface area contributed by atoms with Crippen molar-refractivity contribution in [2.75, 3.05) is 6.54 Å². The molecule has 3 rings (SSSR count). The van der Waals surface area contributed by atoms with E-state index in [1.165, 1.54) is 12.0 Å². The second-order valence-corrected chi connectivity index (χ2v) is 9.74. The Bertz CT molecular complexity index is 825. The Kier molecular flexibility index (Phi) is 10.2. The van der Waals surface area contributed by atoms with Crippen LogP contribution in [-0.2, 0) is 16.0 Å². The van der Waals surface area contributed by atoms with Gasteiger partial charge in [0.25, 0.3) is 0 Å². The van der Waals surface area contributed by atoms with Gasteiger partial charge in [-0.15, -0.1) is 0 Å². The van der Waals surface area contributed by atoms with Gasteiger partial charge in [0, 0.05) is 0 Å². The van der Waals surface area contributed by atoms with Gasteiger partial charge in [-0.3, -0.25) is 4.79 Å². The lowest BCUT2D eigenvalue weighted by Gasteiger charge is -2.30. The summed E-state index contributed by atoms with van der Waals surface area (Å²) in [4.78, 5) is 37.7. The molecular formula is C26H40N4O4. The number of carboxylic acids is 1. The number of carbonyl (C=O) groups excluding carboxylic acids is 2. The van der Waals surface area contributed by atoms with E-state index in [1.807, 2.05) is 12.1 Å². The minimum absolute atomic E-state index is 0.0702. The van der Waals surface area contributed by atoms with E-state index in [-0.39, 0.29) is 11.9 Å². The van der Waals surface area contributed by atoms with E-state index in [2.05, 4.69) is 28.1 Å². The molecule has 0 radical (unpaired) electrons. The van der Waals surface area contributed by atoms with Crippen molar-refractivity contribution in [3.63, 3.8) is 0 Å². The zero-order valence-electron chi connectivity index (χ0n) is 20.1. The van der Waals surface area contributed by atoms with Crippen LogP contribution in [0.4, 0.5) is 4.79 Å². The fourth-order valence-corrected chi connectivity index (χ4v) is 5.27. The third kappa shape index (κ3) is 7.72. The molecule has 1 unspecified atom stereocenters. The van der Waals surface area contributed by atoms with Crippen molar-refractivity contribution in [1.29, 1.82) is 0 Å². The number of nitrogens with two attached hydrogens (primary N) is 1. The molecule has 8 nitrogen and oxygen atoms in total. The zero-order chi connectivity index (χ0) is 24.3. The first-order valence-corrected chi connectivity index (χ1v) is 12.9. The summed E-state index contributed by atoms with van der Waals surface area (Å²) in [5, 5.41) is 18.0. The summed E-state index contributed by atoms with van der Waals surface area (Å²) < 4.78 is 0. The lowest BCUT2D eigenvalue weighted by molar-refractivity contribution is -0.139. The number of benzene rings is 1. The summed E-state index contributed by atoms with van der Waals surface area (Å²) in [6, 6.07) is 5.80. The predicted molar refractivity (Wildman–Crippen MR) is 131 cm³/mol. The Hall–Kier alpha value is -2.61. The first kappa shape index (κ1) is 26.0. The number of amides is 3. The van der Waals surface area contributed by atoms with E-state index in [0.29, 0.717) is 38.1 Å².